The lowest BCUT2D eigenvalue weighted by Gasteiger charge is -2.28. The molecule has 2 amide bonds. The van der Waals surface area contributed by atoms with Crippen LogP contribution < -0.4 is 5.32 Å². The van der Waals surface area contributed by atoms with Crippen LogP contribution in [0.2, 0.25) is 0 Å². The van der Waals surface area contributed by atoms with Crippen LogP contribution in [-0.4, -0.2) is 50.4 Å². The third-order valence-corrected chi connectivity index (χ3v) is 8.06. The number of rotatable bonds is 13. The molecule has 0 aliphatic heterocycles. The van der Waals surface area contributed by atoms with Gasteiger partial charge in [0, 0.05) is 21.4 Å². The third kappa shape index (κ3) is 9.09. The number of carbonyl (C=O) groups excluding carboxylic acids is 2. The first-order valence-electron chi connectivity index (χ1n) is 12.4. The van der Waals surface area contributed by atoms with E-state index in [1.807, 2.05) is 47.6 Å². The molecule has 2 rings (SSSR count). The van der Waals surface area contributed by atoms with E-state index in [4.69, 9.17) is 0 Å². The van der Waals surface area contributed by atoms with Gasteiger partial charge in [0.2, 0.25) is 0 Å². The van der Waals surface area contributed by atoms with E-state index in [1.54, 1.807) is 36.4 Å². The van der Waals surface area contributed by atoms with Crippen LogP contribution in [-0.2, 0) is 9.59 Å². The van der Waals surface area contributed by atoms with E-state index in [9.17, 15) is 29.4 Å². The van der Waals surface area contributed by atoms with Crippen molar-refractivity contribution < 1.29 is 29.4 Å². The number of benzene rings is 2. The van der Waals surface area contributed by atoms with Crippen LogP contribution in [0, 0.1) is 25.7 Å². The zero-order valence-electron chi connectivity index (χ0n) is 22.6. The first-order chi connectivity index (χ1) is 17.8. The lowest BCUT2D eigenvalue weighted by Crippen LogP contribution is -2.42. The maximum absolute atomic E-state index is 13.5. The number of aryl methyl sites for hydroxylation is 2. The Balaban J connectivity index is 2.40. The fraction of sp³-hybridized carbons (Fsp3) is 0.429. The number of carboxylic acid groups (broad SMARTS) is 2. The van der Waals surface area contributed by atoms with Gasteiger partial charge in [0.25, 0.3) is 11.8 Å². The van der Waals surface area contributed by atoms with Gasteiger partial charge in [-0.25, -0.2) is 9.59 Å². The molecule has 2 atom stereocenters. The number of carboxylic acids is 2. The van der Waals surface area contributed by atoms with Crippen molar-refractivity contribution >= 4 is 45.5 Å². The summed E-state index contributed by atoms with van der Waals surface area (Å²) in [6, 6.07) is 9.99. The van der Waals surface area contributed by atoms with Gasteiger partial charge in [-0.1, -0.05) is 57.0 Å². The molecule has 2 aromatic rings. The zero-order chi connectivity index (χ0) is 28.6. The fourth-order valence-corrected chi connectivity index (χ4v) is 6.19. The molecule has 0 saturated carbocycles. The molecule has 0 spiro atoms. The molecule has 38 heavy (non-hydrogen) atoms. The van der Waals surface area contributed by atoms with E-state index in [-0.39, 0.29) is 30.2 Å². The third-order valence-electron chi connectivity index (χ3n) is 5.63. The van der Waals surface area contributed by atoms with Crippen LogP contribution in [0.4, 0.5) is 0 Å². The van der Waals surface area contributed by atoms with Crippen molar-refractivity contribution in [3.8, 4) is 0 Å². The number of nitrogens with zero attached hydrogens (tertiary/aromatic N) is 1. The van der Waals surface area contributed by atoms with Crippen LogP contribution >= 0.6 is 21.8 Å². The van der Waals surface area contributed by atoms with E-state index >= 15 is 0 Å². The largest absolute Gasteiger partial charge is 0.480 e. The number of hydrogen-bond acceptors (Lipinski definition) is 6. The van der Waals surface area contributed by atoms with Gasteiger partial charge >= 0.3 is 11.9 Å². The highest BCUT2D eigenvalue weighted by Crippen LogP contribution is 2.39. The zero-order valence-corrected chi connectivity index (χ0v) is 24.2. The number of carbonyl (C=O) groups is 4. The minimum atomic E-state index is -1.12. The molecule has 0 fully saturated rings. The molecule has 0 radical (unpaired) electrons. The van der Waals surface area contributed by atoms with Gasteiger partial charge < -0.3 is 15.5 Å². The fourth-order valence-electron chi connectivity index (χ4n) is 3.78. The van der Waals surface area contributed by atoms with Crippen LogP contribution in [0.3, 0.4) is 0 Å². The highest BCUT2D eigenvalue weighted by molar-refractivity contribution is 8.76. The van der Waals surface area contributed by atoms with E-state index in [1.165, 1.54) is 4.31 Å². The molecule has 0 saturated heterocycles. The molecule has 0 aromatic heterocycles. The lowest BCUT2D eigenvalue weighted by molar-refractivity contribution is -0.141. The summed E-state index contributed by atoms with van der Waals surface area (Å²) in [6.07, 6.45) is 0.523. The van der Waals surface area contributed by atoms with Gasteiger partial charge in [-0.15, -0.1) is 0 Å². The van der Waals surface area contributed by atoms with E-state index in [0.29, 0.717) is 10.5 Å². The summed E-state index contributed by atoms with van der Waals surface area (Å²) in [7, 11) is 2.05. The number of hydrogen-bond donors (Lipinski definition) is 3. The second kappa shape index (κ2) is 14.2. The second-order valence-electron chi connectivity index (χ2n) is 10.1. The van der Waals surface area contributed by atoms with Crippen molar-refractivity contribution in [2.45, 2.75) is 71.4 Å². The van der Waals surface area contributed by atoms with Gasteiger partial charge in [0.1, 0.15) is 12.1 Å². The van der Waals surface area contributed by atoms with E-state index < -0.39 is 35.8 Å². The van der Waals surface area contributed by atoms with Crippen molar-refractivity contribution in [1.82, 2.24) is 9.62 Å². The molecule has 0 aliphatic carbocycles. The summed E-state index contributed by atoms with van der Waals surface area (Å²) in [5.74, 6) is -3.14. The first-order valence-corrected chi connectivity index (χ1v) is 14.5. The molecule has 8 nitrogen and oxygen atoms in total. The lowest BCUT2D eigenvalue weighted by atomic mass is 10.0. The van der Waals surface area contributed by atoms with Crippen LogP contribution in [0.1, 0.15) is 72.4 Å². The SMILES string of the molecule is Cc1cccc(C(=O)N(SSc2ccc(C)cc2C(=O)NC(CC(C)C)C(=O)O)C(CC(C)C)C(=O)O)c1. The average molecular weight is 561 g/mol. The Morgan fingerprint density at radius 1 is 0.868 bits per heavy atom. The number of amides is 2. The maximum atomic E-state index is 13.5. The summed E-state index contributed by atoms with van der Waals surface area (Å²) >= 11 is 0. The Morgan fingerprint density at radius 2 is 1.50 bits per heavy atom. The summed E-state index contributed by atoms with van der Waals surface area (Å²) in [5.41, 5.74) is 2.30. The van der Waals surface area contributed by atoms with E-state index in [0.717, 1.165) is 32.9 Å². The summed E-state index contributed by atoms with van der Waals surface area (Å²) in [4.78, 5) is 51.1. The Morgan fingerprint density at radius 3 is 2.05 bits per heavy atom. The van der Waals surface area contributed by atoms with Gasteiger partial charge in [-0.2, -0.15) is 0 Å². The minimum absolute atomic E-state index is 0.0177. The molecule has 2 aromatic carbocycles. The van der Waals surface area contributed by atoms with Crippen LogP contribution in [0.15, 0.2) is 47.4 Å². The van der Waals surface area contributed by atoms with Crippen LogP contribution in [0.25, 0.3) is 0 Å². The van der Waals surface area contributed by atoms with Crippen molar-refractivity contribution in [2.24, 2.45) is 11.8 Å². The topological polar surface area (TPSA) is 124 Å². The highest BCUT2D eigenvalue weighted by Gasteiger charge is 2.33. The van der Waals surface area contributed by atoms with Gasteiger partial charge in [-0.05, 0) is 73.6 Å². The van der Waals surface area contributed by atoms with Gasteiger partial charge in [-0.3, -0.25) is 13.9 Å². The summed E-state index contributed by atoms with van der Waals surface area (Å²) in [5, 5.41) is 22.2. The Labute approximate surface area is 232 Å². The highest BCUT2D eigenvalue weighted by atomic mass is 33.1. The molecule has 0 bridgehead atoms. The maximum Gasteiger partial charge on any atom is 0.327 e. The Kier molecular flexibility index (Phi) is 11.7. The molecule has 3 N–H and O–H groups in total. The normalized spacial score (nSPS) is 12.7. The minimum Gasteiger partial charge on any atom is -0.480 e. The summed E-state index contributed by atoms with van der Waals surface area (Å²) in [6.45, 7) is 11.2. The van der Waals surface area contributed by atoms with Gasteiger partial charge in [0.15, 0.2) is 0 Å². The van der Waals surface area contributed by atoms with Crippen molar-refractivity contribution in [3.05, 3.63) is 64.7 Å². The second-order valence-corrected chi connectivity index (χ2v) is 12.2. The summed E-state index contributed by atoms with van der Waals surface area (Å²) < 4.78 is 1.25. The molecule has 0 heterocycles. The Bertz CT molecular complexity index is 1170. The Hall–Kier alpha value is -2.98. The van der Waals surface area contributed by atoms with Crippen LogP contribution in [0.5, 0.6) is 0 Å². The van der Waals surface area contributed by atoms with Crippen molar-refractivity contribution in [2.75, 3.05) is 0 Å². The van der Waals surface area contributed by atoms with Crippen molar-refractivity contribution in [1.29, 1.82) is 0 Å². The first kappa shape index (κ1) is 31.2. The number of nitrogens with one attached hydrogen (secondary N) is 1. The standard InChI is InChI=1S/C28H36N2O6S2/c1-16(2)12-22(27(33)34)29-25(31)21-15-19(6)10-11-24(21)37-38-30(23(28(35)36)13-17(3)4)26(32)20-9-7-8-18(5)14-20/h7-11,14-17,22-23H,12-13H2,1-6H3,(H,29,31)(H,33,34)(H,35,36). The van der Waals surface area contributed by atoms with Crippen molar-refractivity contribution in [3.63, 3.8) is 0 Å². The predicted octanol–water partition coefficient (Wildman–Crippen LogP) is 5.83. The average Bonchev–Trinajstić information content (AvgIpc) is 2.82. The predicted molar refractivity (Wildman–Crippen MR) is 151 cm³/mol. The van der Waals surface area contributed by atoms with Gasteiger partial charge in [0.05, 0.1) is 5.56 Å². The quantitative estimate of drug-likeness (QED) is 0.207. The smallest absolute Gasteiger partial charge is 0.327 e. The molecular formula is C28H36N2O6S2. The molecule has 0 aliphatic rings. The number of aliphatic carboxylic acids is 2. The molecule has 2 unspecified atom stereocenters. The molecule has 206 valence electrons. The molecular weight excluding hydrogens is 524 g/mol. The monoisotopic (exact) mass is 560 g/mol. The van der Waals surface area contributed by atoms with E-state index in [2.05, 4.69) is 5.32 Å². The molecule has 10 heteroatoms.